The molecule has 0 fully saturated rings. The number of carbonyl (C=O) groups excluding carboxylic acids is 2. The Morgan fingerprint density at radius 3 is 2.80 bits per heavy atom. The zero-order chi connectivity index (χ0) is 14.3. The maximum atomic E-state index is 11.7. The zero-order valence-electron chi connectivity index (χ0n) is 10.3. The summed E-state index contributed by atoms with van der Waals surface area (Å²) in [6.07, 6.45) is 0.691. The van der Waals surface area contributed by atoms with Crippen molar-refractivity contribution < 1.29 is 14.0 Å². The van der Waals surface area contributed by atoms with Crippen molar-refractivity contribution in [3.05, 3.63) is 51.9 Å². The molecule has 100 valence electrons. The number of para-hydroxylation sites is 1. The molecule has 1 aromatic heterocycles. The average Bonchev–Trinajstić information content (AvgIpc) is 2.45. The van der Waals surface area contributed by atoms with Gasteiger partial charge in [-0.1, -0.05) is 12.1 Å². The average molecular weight is 270 g/mol. The number of benzene rings is 1. The summed E-state index contributed by atoms with van der Waals surface area (Å²) in [6, 6.07) is 8.45. The molecular weight excluding hydrogens is 260 g/mol. The molecular formula is C14H10N2O4. The van der Waals surface area contributed by atoms with Crippen LogP contribution < -0.4 is 16.3 Å². The minimum atomic E-state index is -0.849. The van der Waals surface area contributed by atoms with Crippen LogP contribution in [-0.2, 0) is 11.3 Å². The monoisotopic (exact) mass is 270 g/mol. The molecule has 0 aliphatic carbocycles. The number of hydrogen-bond donors (Lipinski definition) is 1. The van der Waals surface area contributed by atoms with E-state index in [9.17, 15) is 14.4 Å². The number of nitrogens with zero attached hydrogens (tertiary/aromatic N) is 1. The Bertz CT molecular complexity index is 779. The van der Waals surface area contributed by atoms with Crippen LogP contribution in [0.1, 0.15) is 15.9 Å². The molecule has 6 nitrogen and oxygen atoms in total. The molecule has 0 unspecified atom stereocenters. The number of anilines is 1. The minimum Gasteiger partial charge on any atom is -0.422 e. The summed E-state index contributed by atoms with van der Waals surface area (Å²) in [7, 11) is 0. The van der Waals surface area contributed by atoms with Gasteiger partial charge in [0.05, 0.1) is 12.2 Å². The van der Waals surface area contributed by atoms with Crippen molar-refractivity contribution in [3.8, 4) is 11.3 Å². The van der Waals surface area contributed by atoms with Gasteiger partial charge < -0.3 is 15.1 Å². The van der Waals surface area contributed by atoms with Gasteiger partial charge in [0.2, 0.25) is 6.41 Å². The molecule has 1 aromatic carbocycles. The number of primary amides is 1. The summed E-state index contributed by atoms with van der Waals surface area (Å²) in [4.78, 5) is 35.6. The van der Waals surface area contributed by atoms with Crippen molar-refractivity contribution in [2.75, 3.05) is 4.90 Å². The molecule has 0 atom stereocenters. The summed E-state index contributed by atoms with van der Waals surface area (Å²) in [5.74, 6) is -0.480. The van der Waals surface area contributed by atoms with Gasteiger partial charge in [-0.25, -0.2) is 4.79 Å². The summed E-state index contributed by atoms with van der Waals surface area (Å²) < 4.78 is 5.21. The first-order valence-corrected chi connectivity index (χ1v) is 5.90. The van der Waals surface area contributed by atoms with Crippen molar-refractivity contribution in [2.45, 2.75) is 6.54 Å². The normalized spacial score (nSPS) is 12.5. The highest BCUT2D eigenvalue weighted by molar-refractivity contribution is 5.94. The molecule has 2 heterocycles. The van der Waals surface area contributed by atoms with Crippen LogP contribution in [-0.4, -0.2) is 12.3 Å². The second-order valence-electron chi connectivity index (χ2n) is 4.42. The van der Waals surface area contributed by atoms with E-state index in [0.29, 0.717) is 29.0 Å². The molecule has 0 spiro atoms. The molecule has 20 heavy (non-hydrogen) atoms. The van der Waals surface area contributed by atoms with E-state index in [1.165, 1.54) is 11.0 Å². The maximum absolute atomic E-state index is 11.7. The van der Waals surface area contributed by atoms with Gasteiger partial charge in [-0.2, -0.15) is 0 Å². The van der Waals surface area contributed by atoms with E-state index in [4.69, 9.17) is 10.2 Å². The Labute approximate surface area is 113 Å². The fourth-order valence-electron chi connectivity index (χ4n) is 2.31. The second kappa shape index (κ2) is 4.34. The summed E-state index contributed by atoms with van der Waals surface area (Å²) in [5, 5.41) is 0. The first kappa shape index (κ1) is 12.2. The number of carbonyl (C=O) groups is 2. The van der Waals surface area contributed by atoms with E-state index in [1.54, 1.807) is 24.3 Å². The van der Waals surface area contributed by atoms with Crippen molar-refractivity contribution in [1.29, 1.82) is 0 Å². The number of rotatable bonds is 2. The molecule has 2 amide bonds. The SMILES string of the molecule is NC(=O)c1cc2c(oc1=O)-c1ccccc1N(C=O)C2. The van der Waals surface area contributed by atoms with Crippen LogP contribution in [0.3, 0.4) is 0 Å². The highest BCUT2D eigenvalue weighted by Crippen LogP contribution is 2.37. The Morgan fingerprint density at radius 1 is 1.35 bits per heavy atom. The molecule has 2 N–H and O–H groups in total. The zero-order valence-corrected chi connectivity index (χ0v) is 10.3. The molecule has 0 saturated heterocycles. The predicted octanol–water partition coefficient (Wildman–Crippen LogP) is 0.882. The van der Waals surface area contributed by atoms with Gasteiger partial charge in [0.15, 0.2) is 0 Å². The lowest BCUT2D eigenvalue weighted by Gasteiger charge is -2.26. The largest absolute Gasteiger partial charge is 0.422 e. The molecule has 2 aromatic rings. The van der Waals surface area contributed by atoms with Crippen LogP contribution >= 0.6 is 0 Å². The Morgan fingerprint density at radius 2 is 2.10 bits per heavy atom. The second-order valence-corrected chi connectivity index (χ2v) is 4.42. The van der Waals surface area contributed by atoms with Crippen molar-refractivity contribution in [3.63, 3.8) is 0 Å². The summed E-state index contributed by atoms with van der Waals surface area (Å²) in [6.45, 7) is 0.222. The topological polar surface area (TPSA) is 93.6 Å². The molecule has 6 heteroatoms. The van der Waals surface area contributed by atoms with Gasteiger partial charge in [0.25, 0.3) is 5.91 Å². The van der Waals surface area contributed by atoms with E-state index in [-0.39, 0.29) is 12.1 Å². The fraction of sp³-hybridized carbons (Fsp3) is 0.0714. The molecule has 0 bridgehead atoms. The summed E-state index contributed by atoms with van der Waals surface area (Å²) >= 11 is 0. The van der Waals surface area contributed by atoms with Crippen LogP contribution in [0, 0.1) is 0 Å². The molecule has 0 radical (unpaired) electrons. The first-order valence-electron chi connectivity index (χ1n) is 5.90. The van der Waals surface area contributed by atoms with E-state index in [2.05, 4.69) is 0 Å². The maximum Gasteiger partial charge on any atom is 0.349 e. The number of amides is 2. The molecule has 1 aliphatic rings. The van der Waals surface area contributed by atoms with Crippen molar-refractivity contribution in [2.24, 2.45) is 5.73 Å². The highest BCUT2D eigenvalue weighted by Gasteiger charge is 2.25. The lowest BCUT2D eigenvalue weighted by atomic mass is 9.99. The van der Waals surface area contributed by atoms with Crippen LogP contribution in [0.25, 0.3) is 11.3 Å². The smallest absolute Gasteiger partial charge is 0.349 e. The van der Waals surface area contributed by atoms with E-state index in [1.807, 2.05) is 0 Å². The lowest BCUT2D eigenvalue weighted by Crippen LogP contribution is -2.28. The van der Waals surface area contributed by atoms with Crippen LogP contribution in [0.4, 0.5) is 5.69 Å². The lowest BCUT2D eigenvalue weighted by molar-refractivity contribution is -0.107. The Balaban J connectivity index is 2.29. The molecule has 0 saturated carbocycles. The Hall–Kier alpha value is -2.89. The molecule has 3 rings (SSSR count). The number of hydrogen-bond acceptors (Lipinski definition) is 4. The van der Waals surface area contributed by atoms with Gasteiger partial charge >= 0.3 is 5.63 Å². The van der Waals surface area contributed by atoms with Crippen molar-refractivity contribution in [1.82, 2.24) is 0 Å². The van der Waals surface area contributed by atoms with Gasteiger partial charge in [0.1, 0.15) is 11.3 Å². The van der Waals surface area contributed by atoms with Gasteiger partial charge in [-0.05, 0) is 18.2 Å². The highest BCUT2D eigenvalue weighted by atomic mass is 16.4. The summed E-state index contributed by atoms with van der Waals surface area (Å²) in [5.41, 5.74) is 6.00. The number of fused-ring (bicyclic) bond motifs is 3. The van der Waals surface area contributed by atoms with Crippen LogP contribution in [0.2, 0.25) is 0 Å². The van der Waals surface area contributed by atoms with Gasteiger partial charge in [-0.15, -0.1) is 0 Å². The van der Waals surface area contributed by atoms with E-state index in [0.717, 1.165) is 0 Å². The third-order valence-corrected chi connectivity index (χ3v) is 3.22. The molecule has 1 aliphatic heterocycles. The minimum absolute atomic E-state index is 0.214. The Kier molecular flexibility index (Phi) is 2.64. The third-order valence-electron chi connectivity index (χ3n) is 3.22. The number of nitrogens with two attached hydrogens (primary N) is 1. The van der Waals surface area contributed by atoms with Crippen molar-refractivity contribution >= 4 is 18.0 Å². The van der Waals surface area contributed by atoms with Gasteiger partial charge in [-0.3, -0.25) is 9.59 Å². The first-order chi connectivity index (χ1) is 9.61. The van der Waals surface area contributed by atoms with E-state index >= 15 is 0 Å². The standard InChI is InChI=1S/C14H10N2O4/c15-13(18)10-5-8-6-16(7-17)11-4-2-1-3-9(11)12(8)20-14(10)19/h1-5,7H,6H2,(H2,15,18). The third kappa shape index (κ3) is 1.70. The van der Waals surface area contributed by atoms with Crippen LogP contribution in [0.5, 0.6) is 0 Å². The fourth-order valence-corrected chi connectivity index (χ4v) is 2.31. The van der Waals surface area contributed by atoms with Crippen LogP contribution in [0.15, 0.2) is 39.5 Å². The van der Waals surface area contributed by atoms with E-state index < -0.39 is 11.5 Å². The quantitative estimate of drug-likeness (QED) is 0.820. The predicted molar refractivity (Wildman–Crippen MR) is 71.2 cm³/mol. The van der Waals surface area contributed by atoms with Gasteiger partial charge in [0, 0.05) is 11.1 Å².